The Morgan fingerprint density at radius 3 is 2.52 bits per heavy atom. The lowest BCUT2D eigenvalue weighted by atomic mass is 10.1. The minimum atomic E-state index is -3.57. The molecular formula is C18H30N4O4S. The lowest BCUT2D eigenvalue weighted by molar-refractivity contribution is 0.0575. The summed E-state index contributed by atoms with van der Waals surface area (Å²) in [6, 6.07) is 5.24. The van der Waals surface area contributed by atoms with Gasteiger partial charge in [-0.1, -0.05) is 12.1 Å². The molecule has 1 fully saturated rings. The summed E-state index contributed by atoms with van der Waals surface area (Å²) >= 11 is 0. The zero-order valence-electron chi connectivity index (χ0n) is 16.5. The molecule has 9 heteroatoms. The van der Waals surface area contributed by atoms with E-state index in [9.17, 15) is 13.2 Å². The fraction of sp³-hybridized carbons (Fsp3) is 0.611. The van der Waals surface area contributed by atoms with E-state index in [1.54, 1.807) is 0 Å². The van der Waals surface area contributed by atoms with E-state index in [-0.39, 0.29) is 25.2 Å². The Bertz CT molecular complexity index is 746. The molecule has 27 heavy (non-hydrogen) atoms. The number of amides is 2. The van der Waals surface area contributed by atoms with Crippen molar-refractivity contribution in [3.8, 4) is 0 Å². The normalized spacial score (nSPS) is 15.9. The van der Waals surface area contributed by atoms with Crippen molar-refractivity contribution in [2.75, 3.05) is 45.7 Å². The van der Waals surface area contributed by atoms with E-state index in [1.165, 1.54) is 22.7 Å². The van der Waals surface area contributed by atoms with Gasteiger partial charge in [0.25, 0.3) is 10.2 Å². The first-order valence-electron chi connectivity index (χ1n) is 9.11. The van der Waals surface area contributed by atoms with Gasteiger partial charge in [-0.15, -0.1) is 0 Å². The van der Waals surface area contributed by atoms with E-state index in [1.807, 2.05) is 32.0 Å². The van der Waals surface area contributed by atoms with Crippen molar-refractivity contribution in [3.05, 3.63) is 29.3 Å². The maximum absolute atomic E-state index is 12.7. The van der Waals surface area contributed by atoms with Gasteiger partial charge in [-0.3, -0.25) is 0 Å². The van der Waals surface area contributed by atoms with E-state index < -0.39 is 10.2 Å². The van der Waals surface area contributed by atoms with Gasteiger partial charge in [0, 0.05) is 52.1 Å². The molecule has 0 unspecified atom stereocenters. The first-order chi connectivity index (χ1) is 12.7. The Morgan fingerprint density at radius 1 is 1.22 bits per heavy atom. The van der Waals surface area contributed by atoms with Gasteiger partial charge in [-0.25, -0.2) is 4.79 Å². The second-order valence-electron chi connectivity index (χ2n) is 6.87. The number of benzene rings is 1. The first-order valence-corrected chi connectivity index (χ1v) is 10.5. The summed E-state index contributed by atoms with van der Waals surface area (Å²) < 4.78 is 33.3. The highest BCUT2D eigenvalue weighted by molar-refractivity contribution is 7.86. The van der Waals surface area contributed by atoms with E-state index in [0.29, 0.717) is 26.1 Å². The van der Waals surface area contributed by atoms with Gasteiger partial charge in [0.05, 0.1) is 0 Å². The molecule has 1 aliphatic heterocycles. The van der Waals surface area contributed by atoms with Gasteiger partial charge in [0.1, 0.15) is 0 Å². The molecule has 0 spiro atoms. The number of aryl methyl sites for hydroxylation is 1. The van der Waals surface area contributed by atoms with Gasteiger partial charge < -0.3 is 15.4 Å². The molecule has 2 N–H and O–H groups in total. The minimum Gasteiger partial charge on any atom is -0.381 e. The van der Waals surface area contributed by atoms with Crippen molar-refractivity contribution in [1.82, 2.24) is 13.9 Å². The predicted molar refractivity (Wildman–Crippen MR) is 106 cm³/mol. The first kappa shape index (κ1) is 21.6. The number of hydrogen-bond acceptors (Lipinski definition) is 4. The smallest absolute Gasteiger partial charge is 0.319 e. The second-order valence-corrected chi connectivity index (χ2v) is 8.97. The summed E-state index contributed by atoms with van der Waals surface area (Å²) in [5.74, 6) is 0. The fourth-order valence-electron chi connectivity index (χ4n) is 3.00. The largest absolute Gasteiger partial charge is 0.381 e. The maximum Gasteiger partial charge on any atom is 0.319 e. The van der Waals surface area contributed by atoms with Crippen molar-refractivity contribution in [2.24, 2.45) is 0 Å². The fourth-order valence-corrected chi connectivity index (χ4v) is 4.33. The quantitative estimate of drug-likeness (QED) is 0.732. The number of carbonyl (C=O) groups excluding carboxylic acids is 1. The van der Waals surface area contributed by atoms with Gasteiger partial charge in [0.2, 0.25) is 0 Å². The topological polar surface area (TPSA) is 91.0 Å². The van der Waals surface area contributed by atoms with Gasteiger partial charge >= 0.3 is 6.03 Å². The molecule has 0 saturated carbocycles. The molecule has 2 amide bonds. The molecule has 2 rings (SSSR count). The Morgan fingerprint density at radius 2 is 1.89 bits per heavy atom. The zero-order valence-corrected chi connectivity index (χ0v) is 17.3. The molecule has 0 aliphatic carbocycles. The summed E-state index contributed by atoms with van der Waals surface area (Å²) in [6.45, 7) is 5.46. The standard InChI is InChI=1S/C18H30N4O4S/c1-14-6-5-7-17(15(14)2)20-18(23)19-10-11-22(27(24,25)21(3)4)16-8-12-26-13-9-16/h5-7,16H,8-13H2,1-4H3,(H2,19,20,23). The number of rotatable bonds is 7. The van der Waals surface area contributed by atoms with Crippen LogP contribution in [-0.4, -0.2) is 69.5 Å². The molecule has 0 bridgehead atoms. The number of nitrogens with one attached hydrogen (secondary N) is 2. The number of carbonyl (C=O) groups is 1. The average Bonchev–Trinajstić information content (AvgIpc) is 2.63. The number of urea groups is 1. The summed E-state index contributed by atoms with van der Waals surface area (Å²) in [5.41, 5.74) is 2.84. The highest BCUT2D eigenvalue weighted by Crippen LogP contribution is 2.19. The van der Waals surface area contributed by atoms with Gasteiger partial charge in [0.15, 0.2) is 0 Å². The molecule has 0 aromatic heterocycles. The molecule has 1 saturated heterocycles. The van der Waals surface area contributed by atoms with Gasteiger partial charge in [-0.05, 0) is 43.9 Å². The van der Waals surface area contributed by atoms with Crippen LogP contribution in [0.25, 0.3) is 0 Å². The van der Waals surface area contributed by atoms with Crippen molar-refractivity contribution in [1.29, 1.82) is 0 Å². The highest BCUT2D eigenvalue weighted by Gasteiger charge is 2.32. The molecule has 0 radical (unpaired) electrons. The third-order valence-electron chi connectivity index (χ3n) is 4.83. The van der Waals surface area contributed by atoms with Crippen LogP contribution in [0.1, 0.15) is 24.0 Å². The summed E-state index contributed by atoms with van der Waals surface area (Å²) in [4.78, 5) is 12.2. The summed E-state index contributed by atoms with van der Waals surface area (Å²) in [5, 5.41) is 5.57. The molecule has 152 valence electrons. The Kier molecular flexibility index (Phi) is 7.60. The van der Waals surface area contributed by atoms with Crippen molar-refractivity contribution in [3.63, 3.8) is 0 Å². The van der Waals surface area contributed by atoms with Gasteiger partial charge in [-0.2, -0.15) is 17.0 Å². The summed E-state index contributed by atoms with van der Waals surface area (Å²) in [7, 11) is -0.536. The van der Waals surface area contributed by atoms with E-state index in [2.05, 4.69) is 10.6 Å². The van der Waals surface area contributed by atoms with Crippen LogP contribution >= 0.6 is 0 Å². The van der Waals surface area contributed by atoms with Crippen molar-refractivity contribution >= 4 is 21.9 Å². The predicted octanol–water partition coefficient (Wildman–Crippen LogP) is 1.71. The van der Waals surface area contributed by atoms with E-state index >= 15 is 0 Å². The van der Waals surface area contributed by atoms with Crippen LogP contribution in [0.2, 0.25) is 0 Å². The van der Waals surface area contributed by atoms with Crippen LogP contribution in [0.5, 0.6) is 0 Å². The molecule has 1 heterocycles. The Labute approximate surface area is 162 Å². The van der Waals surface area contributed by atoms with Crippen LogP contribution in [0.4, 0.5) is 10.5 Å². The van der Waals surface area contributed by atoms with Crippen molar-refractivity contribution < 1.29 is 17.9 Å². The molecule has 1 aromatic rings. The number of anilines is 1. The molecule has 8 nitrogen and oxygen atoms in total. The molecular weight excluding hydrogens is 368 g/mol. The molecule has 0 atom stereocenters. The number of hydrogen-bond donors (Lipinski definition) is 2. The lowest BCUT2D eigenvalue weighted by Crippen LogP contribution is -2.50. The summed E-state index contributed by atoms with van der Waals surface area (Å²) in [6.07, 6.45) is 1.31. The SMILES string of the molecule is Cc1cccc(NC(=O)NCCN(C2CCOCC2)S(=O)(=O)N(C)C)c1C. The Balaban J connectivity index is 1.96. The lowest BCUT2D eigenvalue weighted by Gasteiger charge is -2.34. The monoisotopic (exact) mass is 398 g/mol. The van der Waals surface area contributed by atoms with Crippen LogP contribution in [0, 0.1) is 13.8 Å². The number of ether oxygens (including phenoxy) is 1. The third-order valence-corrected chi connectivity index (χ3v) is 6.82. The van der Waals surface area contributed by atoms with E-state index in [4.69, 9.17) is 4.74 Å². The highest BCUT2D eigenvalue weighted by atomic mass is 32.2. The van der Waals surface area contributed by atoms with E-state index in [0.717, 1.165) is 16.8 Å². The maximum atomic E-state index is 12.7. The average molecular weight is 399 g/mol. The Hall–Kier alpha value is -1.68. The van der Waals surface area contributed by atoms with Crippen LogP contribution in [0.3, 0.4) is 0 Å². The molecule has 1 aromatic carbocycles. The number of nitrogens with zero attached hydrogens (tertiary/aromatic N) is 2. The van der Waals surface area contributed by atoms with Crippen LogP contribution in [-0.2, 0) is 14.9 Å². The van der Waals surface area contributed by atoms with Crippen LogP contribution < -0.4 is 10.6 Å². The van der Waals surface area contributed by atoms with Crippen LogP contribution in [0.15, 0.2) is 18.2 Å². The molecule has 1 aliphatic rings. The third kappa shape index (κ3) is 5.65. The second kappa shape index (κ2) is 9.50. The minimum absolute atomic E-state index is 0.116. The van der Waals surface area contributed by atoms with Crippen molar-refractivity contribution in [2.45, 2.75) is 32.7 Å². The zero-order chi connectivity index (χ0) is 20.0.